The van der Waals surface area contributed by atoms with Gasteiger partial charge in [-0.1, -0.05) is 53.1 Å². The van der Waals surface area contributed by atoms with Crippen LogP contribution in [0.25, 0.3) is 0 Å². The second-order valence-corrected chi connectivity index (χ2v) is 12.1. The second kappa shape index (κ2) is 16.5. The Morgan fingerprint density at radius 2 is 1.81 bits per heavy atom. The highest BCUT2D eigenvalue weighted by Gasteiger charge is 2.30. The summed E-state index contributed by atoms with van der Waals surface area (Å²) in [5, 5.41) is 21.9. The van der Waals surface area contributed by atoms with Gasteiger partial charge in [0.15, 0.2) is 6.23 Å². The molecule has 1 aromatic carbocycles. The van der Waals surface area contributed by atoms with Crippen molar-refractivity contribution in [3.8, 4) is 0 Å². The van der Waals surface area contributed by atoms with Crippen LogP contribution in [0.5, 0.6) is 0 Å². The van der Waals surface area contributed by atoms with Crippen LogP contribution in [0.2, 0.25) is 5.02 Å². The van der Waals surface area contributed by atoms with Crippen LogP contribution < -0.4 is 0 Å². The number of β-amino-alcohol motifs (C(OH)–C–C–N with tert-alkyl or cyclic N) is 2. The van der Waals surface area contributed by atoms with E-state index in [0.717, 1.165) is 67.2 Å². The van der Waals surface area contributed by atoms with E-state index in [-0.39, 0.29) is 13.2 Å². The molecule has 2 aromatic rings. The predicted molar refractivity (Wildman–Crippen MR) is 168 cm³/mol. The zero-order chi connectivity index (χ0) is 30.7. The van der Waals surface area contributed by atoms with Crippen molar-refractivity contribution in [3.05, 3.63) is 86.7 Å². The molecule has 2 N–H and O–H groups in total. The molecule has 1 fully saturated rings. The van der Waals surface area contributed by atoms with Gasteiger partial charge in [0.2, 0.25) is 6.41 Å². The first kappa shape index (κ1) is 34.2. The predicted octanol–water partition coefficient (Wildman–Crippen LogP) is 5.01. The summed E-state index contributed by atoms with van der Waals surface area (Å²) in [6.07, 6.45) is 7.93. The number of piperazine rings is 1. The minimum atomic E-state index is -1.03. The lowest BCUT2D eigenvalue weighted by molar-refractivity contribution is -0.132. The molecule has 0 spiro atoms. The van der Waals surface area contributed by atoms with E-state index in [1.54, 1.807) is 30.3 Å². The van der Waals surface area contributed by atoms with Gasteiger partial charge in [-0.15, -0.1) is 0 Å². The molecule has 0 saturated carbocycles. The van der Waals surface area contributed by atoms with Crippen molar-refractivity contribution >= 4 is 29.6 Å². The first-order valence-electron chi connectivity index (χ1n) is 14.3. The zero-order valence-corrected chi connectivity index (χ0v) is 26.6. The molecule has 230 valence electrons. The number of amides is 1. The van der Waals surface area contributed by atoms with Crippen molar-refractivity contribution in [1.82, 2.24) is 19.7 Å². The molecule has 4 rings (SSSR count). The number of aliphatic hydroxyl groups excluding tert-OH is 1. The van der Waals surface area contributed by atoms with Gasteiger partial charge in [0, 0.05) is 63.2 Å². The number of carbonyl (C=O) groups is 1. The summed E-state index contributed by atoms with van der Waals surface area (Å²) in [7, 11) is 1.57. The van der Waals surface area contributed by atoms with Gasteiger partial charge in [0.1, 0.15) is 0 Å². The Morgan fingerprint density at radius 3 is 2.33 bits per heavy atom. The molecule has 2 aliphatic rings. The fraction of sp³-hybridized carbons (Fsp3) is 0.500. The molecule has 0 radical (unpaired) electrons. The van der Waals surface area contributed by atoms with E-state index in [0.29, 0.717) is 23.8 Å². The smallest absolute Gasteiger partial charge is 0.212 e. The average Bonchev–Trinajstić information content (AvgIpc) is 2.97. The molecule has 2 atom stereocenters. The Balaban J connectivity index is 0.000000521. The third-order valence-corrected chi connectivity index (χ3v) is 8.21. The summed E-state index contributed by atoms with van der Waals surface area (Å²) in [6.45, 7) is 11.0. The summed E-state index contributed by atoms with van der Waals surface area (Å²) in [4.78, 5) is 22.2. The number of aromatic nitrogens is 1. The highest BCUT2D eigenvalue weighted by molar-refractivity contribution is 6.30. The minimum Gasteiger partial charge on any atom is -0.395 e. The highest BCUT2D eigenvalue weighted by atomic mass is 35.5. The zero-order valence-electron chi connectivity index (χ0n) is 25.1. The van der Waals surface area contributed by atoms with Crippen molar-refractivity contribution in [2.45, 2.75) is 52.0 Å². The lowest BCUT2D eigenvalue weighted by Crippen LogP contribution is -2.50. The van der Waals surface area contributed by atoms with Crippen LogP contribution >= 0.6 is 23.2 Å². The normalized spacial score (nSPS) is 18.2. The average molecular weight is 620 g/mol. The maximum Gasteiger partial charge on any atom is 0.212 e. The number of halogens is 2. The fourth-order valence-electron chi connectivity index (χ4n) is 5.15. The largest absolute Gasteiger partial charge is 0.395 e. The van der Waals surface area contributed by atoms with Crippen molar-refractivity contribution < 1.29 is 19.7 Å². The van der Waals surface area contributed by atoms with Crippen LogP contribution in [-0.4, -0.2) is 89.3 Å². The summed E-state index contributed by atoms with van der Waals surface area (Å²) >= 11 is 11.6. The summed E-state index contributed by atoms with van der Waals surface area (Å²) in [6, 6.07) is 9.30. The number of nitrogens with zero attached hydrogens (tertiary/aromatic N) is 4. The summed E-state index contributed by atoms with van der Waals surface area (Å²) in [5.74, 6) is 0. The number of ether oxygens (including phenoxy) is 1. The molecule has 8 nitrogen and oxygen atoms in total. The monoisotopic (exact) mass is 618 g/mol. The molecular weight excluding hydrogens is 575 g/mol. The molecule has 1 aromatic heterocycles. The lowest BCUT2D eigenvalue weighted by Gasteiger charge is -2.38. The summed E-state index contributed by atoms with van der Waals surface area (Å²) < 4.78 is 5.69. The fourth-order valence-corrected chi connectivity index (χ4v) is 5.42. The molecule has 10 heteroatoms. The van der Waals surface area contributed by atoms with Gasteiger partial charge in [0.05, 0.1) is 29.5 Å². The van der Waals surface area contributed by atoms with Crippen molar-refractivity contribution in [1.29, 1.82) is 0 Å². The van der Waals surface area contributed by atoms with E-state index in [4.69, 9.17) is 33.0 Å². The second-order valence-electron chi connectivity index (χ2n) is 11.1. The Labute approximate surface area is 260 Å². The van der Waals surface area contributed by atoms with Crippen molar-refractivity contribution in [2.75, 3.05) is 53.0 Å². The maximum absolute atomic E-state index is 11.9. The van der Waals surface area contributed by atoms with Crippen LogP contribution in [0.1, 0.15) is 55.3 Å². The molecule has 1 aliphatic heterocycles. The number of aryl methyl sites for hydroxylation is 1. The van der Waals surface area contributed by atoms with E-state index in [1.165, 1.54) is 5.57 Å². The highest BCUT2D eigenvalue weighted by Crippen LogP contribution is 2.30. The molecule has 0 bridgehead atoms. The first-order valence-corrected chi connectivity index (χ1v) is 15.1. The third-order valence-electron chi connectivity index (χ3n) is 7.67. The molecule has 2 unspecified atom stereocenters. The van der Waals surface area contributed by atoms with Gasteiger partial charge in [0.25, 0.3) is 0 Å². The van der Waals surface area contributed by atoms with Gasteiger partial charge in [-0.25, -0.2) is 0 Å². The summed E-state index contributed by atoms with van der Waals surface area (Å²) in [5.41, 5.74) is 3.69. The standard InChI is InChI=1S/C25H35ClN4O4.C7H9Cl/c1-19-14-20(25(2,33)17-29-10-8-28(9-11-29)12-13-31)4-7-23(19)24(34-3)30(18-32)16-22-6-5-21(26)15-27-22;1-6-2-4-7(8)5-3-6/h4-7,14-15,18,24,31,33H,8-13,16-17H2,1-3H3;2,4H,3,5H2,1H3. The number of carbonyl (C=O) groups excluding carboxylic acids is 1. The van der Waals surface area contributed by atoms with Gasteiger partial charge >= 0.3 is 0 Å². The van der Waals surface area contributed by atoms with Gasteiger partial charge in [-0.2, -0.15) is 0 Å². The van der Waals surface area contributed by atoms with E-state index in [1.807, 2.05) is 38.1 Å². The number of methoxy groups -OCH3 is 1. The van der Waals surface area contributed by atoms with E-state index in [9.17, 15) is 9.90 Å². The third kappa shape index (κ3) is 10.2. The van der Waals surface area contributed by atoms with E-state index < -0.39 is 11.8 Å². The van der Waals surface area contributed by atoms with Crippen molar-refractivity contribution in [3.63, 3.8) is 0 Å². The van der Waals surface area contributed by atoms with Gasteiger partial charge in [-0.3, -0.25) is 19.6 Å². The van der Waals surface area contributed by atoms with Crippen molar-refractivity contribution in [2.24, 2.45) is 0 Å². The first-order chi connectivity index (χ1) is 20.1. The molecule has 1 aliphatic carbocycles. The maximum atomic E-state index is 11.9. The topological polar surface area (TPSA) is 89.4 Å². The van der Waals surface area contributed by atoms with Crippen LogP contribution in [0, 0.1) is 6.92 Å². The quantitative estimate of drug-likeness (QED) is 0.270. The number of rotatable bonds is 11. The Morgan fingerprint density at radius 1 is 1.10 bits per heavy atom. The van der Waals surface area contributed by atoms with Crippen LogP contribution in [0.4, 0.5) is 0 Å². The SMILES string of the molecule is CC1=CC=C(Cl)CC1.COC(c1ccc(C(C)(O)CN2CCN(CCO)CC2)cc1C)N(C=O)Cc1ccc(Cl)cn1. The molecular formula is C32H44Cl2N4O4. The Bertz CT molecular complexity index is 1190. The van der Waals surface area contributed by atoms with Gasteiger partial charge in [-0.05, 0) is 62.9 Å². The van der Waals surface area contributed by atoms with E-state index in [2.05, 4.69) is 27.8 Å². The number of hydrogen-bond acceptors (Lipinski definition) is 7. The molecule has 42 heavy (non-hydrogen) atoms. The van der Waals surface area contributed by atoms with E-state index >= 15 is 0 Å². The number of benzene rings is 1. The number of allylic oxidation sites excluding steroid dienone is 4. The number of hydrogen-bond donors (Lipinski definition) is 2. The van der Waals surface area contributed by atoms with Gasteiger partial charge < -0.3 is 19.8 Å². The van der Waals surface area contributed by atoms with Crippen LogP contribution in [0.15, 0.2) is 59.3 Å². The lowest BCUT2D eigenvalue weighted by atomic mass is 9.91. The van der Waals surface area contributed by atoms with Crippen LogP contribution in [-0.2, 0) is 21.7 Å². The molecule has 1 saturated heterocycles. The number of aliphatic hydroxyl groups is 2. The Kier molecular flexibility index (Phi) is 13.5. The molecule has 1 amide bonds. The number of pyridine rings is 1. The minimum absolute atomic E-state index is 0.170. The Hall–Kier alpha value is -2.30. The molecule has 2 heterocycles. The van der Waals surface area contributed by atoms with Crippen LogP contribution in [0.3, 0.4) is 0 Å².